The van der Waals surface area contributed by atoms with E-state index in [1.54, 1.807) is 0 Å². The van der Waals surface area contributed by atoms with Crippen LogP contribution < -0.4 is 10.6 Å². The summed E-state index contributed by atoms with van der Waals surface area (Å²) < 4.78 is 0. The smallest absolute Gasteiger partial charge is 0.130 e. The largest absolute Gasteiger partial charge is 0.384 e. The van der Waals surface area contributed by atoms with E-state index in [4.69, 9.17) is 16.1 Å². The van der Waals surface area contributed by atoms with E-state index in [0.29, 0.717) is 6.04 Å². The summed E-state index contributed by atoms with van der Waals surface area (Å²) in [5, 5.41) is 8.77. The number of nitrogens with two attached hydrogens (primary N) is 1. The molecule has 1 fully saturated rings. The molecule has 1 aromatic heterocycles. The van der Waals surface area contributed by atoms with Crippen molar-refractivity contribution in [3.05, 3.63) is 35.9 Å². The maximum absolute atomic E-state index is 7.83. The predicted molar refractivity (Wildman–Crippen MR) is 87.1 cm³/mol. The number of nitrogen functional groups attached to an aromatic ring is 1. The standard InChI is InChI=1S/C16H21N5/c1-11-10-20(2)7-8-21(11)15-9-13(16(17)18)12-5-3-4-6-14(12)19-15/h3-6,9,11H,7-8,10H2,1-2H3,(H3,17,18). The van der Waals surface area contributed by atoms with Crippen LogP contribution in [0.1, 0.15) is 12.5 Å². The van der Waals surface area contributed by atoms with Crippen molar-refractivity contribution in [1.82, 2.24) is 9.88 Å². The van der Waals surface area contributed by atoms with Crippen molar-refractivity contribution in [2.24, 2.45) is 5.73 Å². The lowest BCUT2D eigenvalue weighted by atomic mass is 10.1. The SMILES string of the molecule is CC1CN(C)CCN1c1cc(C(=N)N)c2ccccc2n1. The first-order valence-electron chi connectivity index (χ1n) is 7.25. The number of fused-ring (bicyclic) bond motifs is 1. The van der Waals surface area contributed by atoms with Gasteiger partial charge in [-0.2, -0.15) is 0 Å². The van der Waals surface area contributed by atoms with Crippen LogP contribution in [0.2, 0.25) is 0 Å². The molecule has 1 unspecified atom stereocenters. The molecular formula is C16H21N5. The number of likely N-dealkylation sites (N-methyl/N-ethyl adjacent to an activating group) is 1. The summed E-state index contributed by atoms with van der Waals surface area (Å²) in [5.74, 6) is 1.01. The molecule has 0 aliphatic carbocycles. The van der Waals surface area contributed by atoms with Gasteiger partial charge in [0.15, 0.2) is 0 Å². The van der Waals surface area contributed by atoms with E-state index >= 15 is 0 Å². The Hall–Kier alpha value is -2.14. The zero-order valence-corrected chi connectivity index (χ0v) is 12.5. The molecule has 5 heteroatoms. The van der Waals surface area contributed by atoms with Crippen LogP contribution in [0, 0.1) is 5.41 Å². The van der Waals surface area contributed by atoms with Gasteiger partial charge in [-0.05, 0) is 26.1 Å². The van der Waals surface area contributed by atoms with Crippen molar-refractivity contribution in [2.75, 3.05) is 31.6 Å². The predicted octanol–water partition coefficient (Wildman–Crippen LogP) is 1.66. The van der Waals surface area contributed by atoms with Crippen LogP contribution in [0.25, 0.3) is 10.9 Å². The highest BCUT2D eigenvalue weighted by molar-refractivity contribution is 6.07. The lowest BCUT2D eigenvalue weighted by molar-refractivity contribution is 0.275. The van der Waals surface area contributed by atoms with Crippen LogP contribution in [0.15, 0.2) is 30.3 Å². The van der Waals surface area contributed by atoms with Gasteiger partial charge < -0.3 is 15.5 Å². The Morgan fingerprint density at radius 2 is 2.10 bits per heavy atom. The first-order valence-corrected chi connectivity index (χ1v) is 7.25. The van der Waals surface area contributed by atoms with Crippen molar-refractivity contribution in [2.45, 2.75) is 13.0 Å². The summed E-state index contributed by atoms with van der Waals surface area (Å²) in [6.45, 7) is 5.19. The number of piperazine rings is 1. The molecule has 0 amide bonds. The number of pyridine rings is 1. The zero-order chi connectivity index (χ0) is 15.0. The molecule has 110 valence electrons. The van der Waals surface area contributed by atoms with Gasteiger partial charge >= 0.3 is 0 Å². The minimum absolute atomic E-state index is 0.0941. The van der Waals surface area contributed by atoms with E-state index in [-0.39, 0.29) is 5.84 Å². The fourth-order valence-electron chi connectivity index (χ4n) is 3.01. The summed E-state index contributed by atoms with van der Waals surface area (Å²) in [7, 11) is 2.14. The molecule has 0 spiro atoms. The highest BCUT2D eigenvalue weighted by atomic mass is 15.3. The van der Waals surface area contributed by atoms with Crippen molar-refractivity contribution in [3.63, 3.8) is 0 Å². The average molecular weight is 283 g/mol. The molecule has 1 saturated heterocycles. The Balaban J connectivity index is 2.09. The molecule has 0 saturated carbocycles. The van der Waals surface area contributed by atoms with E-state index in [0.717, 1.165) is 41.9 Å². The summed E-state index contributed by atoms with van der Waals surface area (Å²) >= 11 is 0. The van der Waals surface area contributed by atoms with E-state index in [1.807, 2.05) is 30.3 Å². The number of hydrogen-bond acceptors (Lipinski definition) is 4. The van der Waals surface area contributed by atoms with E-state index in [9.17, 15) is 0 Å². The Morgan fingerprint density at radius 3 is 2.81 bits per heavy atom. The third-order valence-electron chi connectivity index (χ3n) is 4.12. The fraction of sp³-hybridized carbons (Fsp3) is 0.375. The van der Waals surface area contributed by atoms with Gasteiger partial charge in [0.1, 0.15) is 11.7 Å². The monoisotopic (exact) mass is 283 g/mol. The van der Waals surface area contributed by atoms with Gasteiger partial charge in [0.2, 0.25) is 0 Å². The van der Waals surface area contributed by atoms with Gasteiger partial charge in [0.05, 0.1) is 5.52 Å². The summed E-state index contributed by atoms with van der Waals surface area (Å²) in [4.78, 5) is 9.40. The molecule has 1 atom stereocenters. The number of rotatable bonds is 2. The van der Waals surface area contributed by atoms with Crippen LogP contribution >= 0.6 is 0 Å². The lowest BCUT2D eigenvalue weighted by Gasteiger charge is -2.39. The van der Waals surface area contributed by atoms with Gasteiger partial charge in [-0.3, -0.25) is 5.41 Å². The van der Waals surface area contributed by atoms with Crippen molar-refractivity contribution in [1.29, 1.82) is 5.41 Å². The highest BCUT2D eigenvalue weighted by Gasteiger charge is 2.23. The Bertz CT molecular complexity index is 681. The molecule has 3 rings (SSSR count). The third kappa shape index (κ3) is 2.56. The second-order valence-electron chi connectivity index (χ2n) is 5.76. The summed E-state index contributed by atoms with van der Waals surface area (Å²) in [5.41, 5.74) is 7.42. The van der Waals surface area contributed by atoms with E-state index < -0.39 is 0 Å². The van der Waals surface area contributed by atoms with Crippen LogP contribution in [-0.4, -0.2) is 48.4 Å². The molecule has 1 aromatic carbocycles. The maximum atomic E-state index is 7.83. The van der Waals surface area contributed by atoms with Crippen LogP contribution in [0.3, 0.4) is 0 Å². The average Bonchev–Trinajstić information content (AvgIpc) is 2.46. The number of amidine groups is 1. The second kappa shape index (κ2) is 5.33. The van der Waals surface area contributed by atoms with Gasteiger partial charge in [-0.1, -0.05) is 18.2 Å². The van der Waals surface area contributed by atoms with Crippen LogP contribution in [0.5, 0.6) is 0 Å². The molecule has 2 heterocycles. The number of aromatic nitrogens is 1. The van der Waals surface area contributed by atoms with Crippen LogP contribution in [-0.2, 0) is 0 Å². The zero-order valence-electron chi connectivity index (χ0n) is 12.5. The first-order chi connectivity index (χ1) is 10.1. The van der Waals surface area contributed by atoms with Crippen molar-refractivity contribution >= 4 is 22.6 Å². The first kappa shape index (κ1) is 13.8. The minimum atomic E-state index is 0.0941. The molecule has 2 aromatic rings. The van der Waals surface area contributed by atoms with E-state index in [2.05, 4.69) is 23.8 Å². The molecule has 1 aliphatic heterocycles. The number of anilines is 1. The van der Waals surface area contributed by atoms with Crippen molar-refractivity contribution in [3.8, 4) is 0 Å². The number of hydrogen-bond donors (Lipinski definition) is 2. The number of nitrogens with zero attached hydrogens (tertiary/aromatic N) is 3. The second-order valence-corrected chi connectivity index (χ2v) is 5.76. The summed E-state index contributed by atoms with van der Waals surface area (Å²) in [6.07, 6.45) is 0. The lowest BCUT2D eigenvalue weighted by Crippen LogP contribution is -2.50. The number of para-hydroxylation sites is 1. The highest BCUT2D eigenvalue weighted by Crippen LogP contribution is 2.25. The Kier molecular flexibility index (Phi) is 3.51. The van der Waals surface area contributed by atoms with E-state index in [1.165, 1.54) is 0 Å². The Labute approximate surface area is 124 Å². The minimum Gasteiger partial charge on any atom is -0.384 e. The number of nitrogens with one attached hydrogen (secondary N) is 1. The van der Waals surface area contributed by atoms with Crippen molar-refractivity contribution < 1.29 is 0 Å². The molecule has 5 nitrogen and oxygen atoms in total. The molecule has 3 N–H and O–H groups in total. The molecule has 21 heavy (non-hydrogen) atoms. The molecule has 0 bridgehead atoms. The van der Waals surface area contributed by atoms with Gasteiger partial charge in [0.25, 0.3) is 0 Å². The fourth-order valence-corrected chi connectivity index (χ4v) is 3.01. The molecule has 1 aliphatic rings. The molecule has 0 radical (unpaired) electrons. The Morgan fingerprint density at radius 1 is 1.33 bits per heavy atom. The van der Waals surface area contributed by atoms with Gasteiger partial charge in [-0.15, -0.1) is 0 Å². The van der Waals surface area contributed by atoms with Gasteiger partial charge in [0, 0.05) is 36.6 Å². The topological polar surface area (TPSA) is 69.2 Å². The number of benzene rings is 1. The summed E-state index contributed by atoms with van der Waals surface area (Å²) in [6, 6.07) is 10.2. The normalized spacial score (nSPS) is 19.9. The maximum Gasteiger partial charge on any atom is 0.130 e. The van der Waals surface area contributed by atoms with Crippen LogP contribution in [0.4, 0.5) is 5.82 Å². The molecular weight excluding hydrogens is 262 g/mol. The third-order valence-corrected chi connectivity index (χ3v) is 4.12. The quantitative estimate of drug-likeness (QED) is 0.649. The van der Waals surface area contributed by atoms with Gasteiger partial charge in [-0.25, -0.2) is 4.98 Å².